The summed E-state index contributed by atoms with van der Waals surface area (Å²) in [6, 6.07) is 5.64. The van der Waals surface area contributed by atoms with Crippen LogP contribution in [0, 0.1) is 17.7 Å². The van der Waals surface area contributed by atoms with Gasteiger partial charge in [-0.25, -0.2) is 4.39 Å². The van der Waals surface area contributed by atoms with Crippen LogP contribution < -0.4 is 5.32 Å². The van der Waals surface area contributed by atoms with Crippen molar-refractivity contribution < 1.29 is 14.0 Å². The predicted molar refractivity (Wildman–Crippen MR) is 80.7 cm³/mol. The molecule has 2 amide bonds. The summed E-state index contributed by atoms with van der Waals surface area (Å²) in [7, 11) is 2.04. The molecular formula is C16H20FN3O2. The van der Waals surface area contributed by atoms with Gasteiger partial charge in [-0.2, -0.15) is 0 Å². The van der Waals surface area contributed by atoms with Gasteiger partial charge in [-0.3, -0.25) is 9.59 Å². The molecule has 2 atom stereocenters. The largest absolute Gasteiger partial charge is 0.340 e. The van der Waals surface area contributed by atoms with Gasteiger partial charge in [-0.1, -0.05) is 0 Å². The van der Waals surface area contributed by atoms with Crippen molar-refractivity contribution in [1.82, 2.24) is 9.80 Å². The van der Waals surface area contributed by atoms with Crippen LogP contribution in [-0.4, -0.2) is 54.8 Å². The van der Waals surface area contributed by atoms with Gasteiger partial charge in [0.2, 0.25) is 11.8 Å². The van der Waals surface area contributed by atoms with Crippen LogP contribution in [0.2, 0.25) is 0 Å². The summed E-state index contributed by atoms with van der Waals surface area (Å²) in [5, 5.41) is 2.74. The molecule has 1 aliphatic heterocycles. The molecule has 1 aromatic carbocycles. The number of rotatable bonds is 3. The second-order valence-electron chi connectivity index (χ2n) is 6.07. The summed E-state index contributed by atoms with van der Waals surface area (Å²) < 4.78 is 12.8. The van der Waals surface area contributed by atoms with E-state index in [0.29, 0.717) is 12.1 Å². The summed E-state index contributed by atoms with van der Waals surface area (Å²) in [6.07, 6.45) is 0.609. The summed E-state index contributed by atoms with van der Waals surface area (Å²) in [4.78, 5) is 28.5. The van der Waals surface area contributed by atoms with E-state index in [-0.39, 0.29) is 29.5 Å². The van der Waals surface area contributed by atoms with Gasteiger partial charge in [0.15, 0.2) is 0 Å². The first kappa shape index (κ1) is 15.0. The van der Waals surface area contributed by atoms with Crippen molar-refractivity contribution in [2.75, 3.05) is 38.5 Å². The Kier molecular flexibility index (Phi) is 4.11. The minimum absolute atomic E-state index is 0.0901. The summed E-state index contributed by atoms with van der Waals surface area (Å²) in [5.74, 6) is -0.847. The zero-order chi connectivity index (χ0) is 15.7. The third-order valence-electron chi connectivity index (χ3n) is 4.37. The molecule has 2 unspecified atom stereocenters. The van der Waals surface area contributed by atoms with Crippen molar-refractivity contribution in [2.45, 2.75) is 6.42 Å². The number of carbonyl (C=O) groups excluding carboxylic acids is 2. The number of benzene rings is 1. The molecule has 6 heteroatoms. The molecular weight excluding hydrogens is 285 g/mol. The van der Waals surface area contributed by atoms with Crippen LogP contribution in [0.1, 0.15) is 6.42 Å². The molecule has 1 heterocycles. The fourth-order valence-corrected chi connectivity index (χ4v) is 2.79. The SMILES string of the molecule is CN1CCN(C(=O)C2CC2C(=O)Nc2ccc(F)cc2)CC1. The van der Waals surface area contributed by atoms with Gasteiger partial charge < -0.3 is 15.1 Å². The maximum absolute atomic E-state index is 12.8. The lowest BCUT2D eigenvalue weighted by Gasteiger charge is -2.32. The van der Waals surface area contributed by atoms with Crippen molar-refractivity contribution >= 4 is 17.5 Å². The zero-order valence-electron chi connectivity index (χ0n) is 12.6. The number of nitrogens with zero attached hydrogens (tertiary/aromatic N) is 2. The van der Waals surface area contributed by atoms with Gasteiger partial charge >= 0.3 is 0 Å². The van der Waals surface area contributed by atoms with Gasteiger partial charge in [-0.15, -0.1) is 0 Å². The third kappa shape index (κ3) is 3.27. The average molecular weight is 305 g/mol. The molecule has 118 valence electrons. The van der Waals surface area contributed by atoms with E-state index < -0.39 is 0 Å². The highest BCUT2D eigenvalue weighted by molar-refractivity contribution is 5.99. The second-order valence-corrected chi connectivity index (χ2v) is 6.07. The normalized spacial score (nSPS) is 24.9. The molecule has 2 fully saturated rings. The topological polar surface area (TPSA) is 52.7 Å². The first-order valence-electron chi connectivity index (χ1n) is 7.58. The minimum Gasteiger partial charge on any atom is -0.340 e. The Morgan fingerprint density at radius 3 is 2.36 bits per heavy atom. The summed E-state index contributed by atoms with van der Waals surface area (Å²) in [6.45, 7) is 3.23. The van der Waals surface area contributed by atoms with Gasteiger partial charge in [0, 0.05) is 31.9 Å². The number of piperazine rings is 1. The fourth-order valence-electron chi connectivity index (χ4n) is 2.79. The highest BCUT2D eigenvalue weighted by Crippen LogP contribution is 2.41. The van der Waals surface area contributed by atoms with E-state index in [9.17, 15) is 14.0 Å². The number of anilines is 1. The first-order chi connectivity index (χ1) is 10.5. The van der Waals surface area contributed by atoms with E-state index in [1.165, 1.54) is 24.3 Å². The molecule has 1 saturated heterocycles. The molecule has 2 aliphatic rings. The predicted octanol–water partition coefficient (Wildman–Crippen LogP) is 1.17. The molecule has 5 nitrogen and oxygen atoms in total. The van der Waals surface area contributed by atoms with Crippen molar-refractivity contribution in [1.29, 1.82) is 0 Å². The Morgan fingerprint density at radius 2 is 1.73 bits per heavy atom. The fraction of sp³-hybridized carbons (Fsp3) is 0.500. The lowest BCUT2D eigenvalue weighted by atomic mass is 10.2. The van der Waals surface area contributed by atoms with E-state index in [1.807, 2.05) is 11.9 Å². The van der Waals surface area contributed by atoms with E-state index in [4.69, 9.17) is 0 Å². The molecule has 0 spiro atoms. The number of likely N-dealkylation sites (N-methyl/N-ethyl adjacent to an activating group) is 1. The Balaban J connectivity index is 1.51. The van der Waals surface area contributed by atoms with Crippen LogP contribution in [-0.2, 0) is 9.59 Å². The number of carbonyl (C=O) groups is 2. The van der Waals surface area contributed by atoms with Crippen molar-refractivity contribution in [3.63, 3.8) is 0 Å². The monoisotopic (exact) mass is 305 g/mol. The number of nitrogens with one attached hydrogen (secondary N) is 1. The van der Waals surface area contributed by atoms with Crippen molar-refractivity contribution in [3.05, 3.63) is 30.1 Å². The number of hydrogen-bond acceptors (Lipinski definition) is 3. The first-order valence-corrected chi connectivity index (χ1v) is 7.58. The van der Waals surface area contributed by atoms with E-state index in [2.05, 4.69) is 10.2 Å². The number of halogens is 1. The maximum atomic E-state index is 12.8. The lowest BCUT2D eigenvalue weighted by molar-refractivity contribution is -0.135. The van der Waals surface area contributed by atoms with E-state index in [1.54, 1.807) is 0 Å². The molecule has 0 bridgehead atoms. The van der Waals surface area contributed by atoms with Gasteiger partial charge in [0.05, 0.1) is 11.8 Å². The van der Waals surface area contributed by atoms with Crippen LogP contribution >= 0.6 is 0 Å². The second kappa shape index (κ2) is 6.04. The molecule has 0 radical (unpaired) electrons. The summed E-state index contributed by atoms with van der Waals surface area (Å²) in [5.41, 5.74) is 0.559. The van der Waals surface area contributed by atoms with Gasteiger partial charge in [-0.05, 0) is 37.7 Å². The molecule has 1 aromatic rings. The van der Waals surface area contributed by atoms with Crippen molar-refractivity contribution in [3.8, 4) is 0 Å². The lowest BCUT2D eigenvalue weighted by Crippen LogP contribution is -2.48. The smallest absolute Gasteiger partial charge is 0.228 e. The standard InChI is InChI=1S/C16H20FN3O2/c1-19-6-8-20(9-7-19)16(22)14-10-13(14)15(21)18-12-4-2-11(17)3-5-12/h2-5,13-14H,6-10H2,1H3,(H,18,21). The molecule has 22 heavy (non-hydrogen) atoms. The van der Waals surface area contributed by atoms with Crippen LogP contribution in [0.25, 0.3) is 0 Å². The zero-order valence-corrected chi connectivity index (χ0v) is 12.6. The Hall–Kier alpha value is -1.95. The van der Waals surface area contributed by atoms with E-state index >= 15 is 0 Å². The maximum Gasteiger partial charge on any atom is 0.228 e. The number of amides is 2. The Bertz CT molecular complexity index is 567. The molecule has 1 N–H and O–H groups in total. The van der Waals surface area contributed by atoms with Gasteiger partial charge in [0.25, 0.3) is 0 Å². The highest BCUT2D eigenvalue weighted by atomic mass is 19.1. The number of hydrogen-bond donors (Lipinski definition) is 1. The molecule has 1 aliphatic carbocycles. The summed E-state index contributed by atoms with van der Waals surface area (Å²) >= 11 is 0. The molecule has 1 saturated carbocycles. The van der Waals surface area contributed by atoms with Crippen LogP contribution in [0.15, 0.2) is 24.3 Å². The van der Waals surface area contributed by atoms with Crippen molar-refractivity contribution in [2.24, 2.45) is 11.8 Å². The van der Waals surface area contributed by atoms with Crippen LogP contribution in [0.5, 0.6) is 0 Å². The van der Waals surface area contributed by atoms with E-state index in [0.717, 1.165) is 26.2 Å². The van der Waals surface area contributed by atoms with Gasteiger partial charge in [0.1, 0.15) is 5.82 Å². The third-order valence-corrected chi connectivity index (χ3v) is 4.37. The highest BCUT2D eigenvalue weighted by Gasteiger charge is 2.49. The quantitative estimate of drug-likeness (QED) is 0.912. The van der Waals surface area contributed by atoms with Crippen LogP contribution in [0.3, 0.4) is 0 Å². The molecule has 0 aromatic heterocycles. The van der Waals surface area contributed by atoms with Crippen LogP contribution in [0.4, 0.5) is 10.1 Å². The average Bonchev–Trinajstić information content (AvgIpc) is 3.30. The minimum atomic E-state index is -0.340. The Labute approximate surface area is 129 Å². The molecule has 3 rings (SSSR count). The Morgan fingerprint density at radius 1 is 1.09 bits per heavy atom.